The van der Waals surface area contributed by atoms with Crippen molar-refractivity contribution in [3.63, 3.8) is 0 Å². The number of rotatable bonds is 5. The Bertz CT molecular complexity index is 915. The van der Waals surface area contributed by atoms with Crippen LogP contribution in [0.25, 0.3) is 5.57 Å². The van der Waals surface area contributed by atoms with Crippen LogP contribution in [-0.2, 0) is 0 Å². The molecular formula is C27H27P. The third-order valence-corrected chi connectivity index (χ3v) is 9.13. The summed E-state index contributed by atoms with van der Waals surface area (Å²) in [6, 6.07) is 33.3. The minimum Gasteiger partial charge on any atom is -0.0833 e. The van der Waals surface area contributed by atoms with Crippen LogP contribution in [0.4, 0.5) is 0 Å². The van der Waals surface area contributed by atoms with Crippen LogP contribution in [0, 0.1) is 5.92 Å². The molecule has 4 rings (SSSR count). The fourth-order valence-electron chi connectivity index (χ4n) is 4.41. The Labute approximate surface area is 170 Å². The molecule has 1 aliphatic carbocycles. The molecule has 28 heavy (non-hydrogen) atoms. The minimum atomic E-state index is -0.575. The maximum atomic E-state index is 2.40. The lowest BCUT2D eigenvalue weighted by atomic mass is 9.78. The van der Waals surface area contributed by atoms with Crippen molar-refractivity contribution in [3.05, 3.63) is 115 Å². The fourth-order valence-corrected chi connectivity index (χ4v) is 7.82. The average Bonchev–Trinajstić information content (AvgIpc) is 2.76. The minimum absolute atomic E-state index is 0.0636. The van der Waals surface area contributed by atoms with E-state index in [-0.39, 0.29) is 5.16 Å². The lowest BCUT2D eigenvalue weighted by Gasteiger charge is -2.48. The summed E-state index contributed by atoms with van der Waals surface area (Å²) in [5, 5.41) is 2.97. The second-order valence-corrected chi connectivity index (χ2v) is 10.2. The maximum absolute atomic E-state index is 2.40. The third-order valence-electron chi connectivity index (χ3n) is 5.76. The van der Waals surface area contributed by atoms with Crippen molar-refractivity contribution in [2.24, 2.45) is 5.92 Å². The third kappa shape index (κ3) is 3.38. The number of allylic oxidation sites excluding steroid dienone is 4. The summed E-state index contributed by atoms with van der Waals surface area (Å²) in [4.78, 5) is 0. The first kappa shape index (κ1) is 18.9. The zero-order valence-corrected chi connectivity index (χ0v) is 17.5. The molecular weight excluding hydrogens is 355 g/mol. The highest BCUT2D eigenvalue weighted by Crippen LogP contribution is 2.61. The van der Waals surface area contributed by atoms with E-state index in [0.717, 1.165) is 6.42 Å². The number of hydrogen-bond acceptors (Lipinski definition) is 0. The smallest absolute Gasteiger partial charge is 0.0298 e. The Morgan fingerprint density at radius 2 is 1.21 bits per heavy atom. The van der Waals surface area contributed by atoms with Crippen molar-refractivity contribution in [2.75, 3.05) is 0 Å². The molecule has 0 N–H and O–H groups in total. The predicted molar refractivity (Wildman–Crippen MR) is 125 cm³/mol. The molecule has 1 atom stereocenters. The summed E-state index contributed by atoms with van der Waals surface area (Å²) >= 11 is 0. The van der Waals surface area contributed by atoms with Crippen molar-refractivity contribution in [1.82, 2.24) is 0 Å². The Hall–Kier alpha value is -2.43. The number of benzene rings is 3. The Morgan fingerprint density at radius 1 is 0.714 bits per heavy atom. The molecule has 0 saturated heterocycles. The van der Waals surface area contributed by atoms with Crippen LogP contribution < -0.4 is 10.6 Å². The molecule has 1 heteroatoms. The van der Waals surface area contributed by atoms with E-state index >= 15 is 0 Å². The molecule has 0 bridgehead atoms. The van der Waals surface area contributed by atoms with Gasteiger partial charge in [0.15, 0.2) is 0 Å². The van der Waals surface area contributed by atoms with Crippen LogP contribution in [0.5, 0.6) is 0 Å². The molecule has 140 valence electrons. The van der Waals surface area contributed by atoms with Gasteiger partial charge < -0.3 is 0 Å². The highest BCUT2D eigenvalue weighted by molar-refractivity contribution is 7.75. The van der Waals surface area contributed by atoms with E-state index in [1.165, 1.54) is 21.7 Å². The van der Waals surface area contributed by atoms with Gasteiger partial charge in [-0.15, -0.1) is 0 Å². The standard InChI is InChI=1S/C27H27P/c1-22(2)27(21-13-12-20-26(27)23-14-6-3-7-15-23)28(24-16-8-4-9-17-24)25-18-10-5-11-19-25/h3-20,22H,21H2,1-2H3. The quantitative estimate of drug-likeness (QED) is 0.439. The van der Waals surface area contributed by atoms with Crippen molar-refractivity contribution in [1.29, 1.82) is 0 Å². The van der Waals surface area contributed by atoms with Gasteiger partial charge in [0.05, 0.1) is 0 Å². The zero-order valence-electron chi connectivity index (χ0n) is 16.6. The highest BCUT2D eigenvalue weighted by Gasteiger charge is 2.46. The van der Waals surface area contributed by atoms with Gasteiger partial charge in [-0.3, -0.25) is 0 Å². The Balaban J connectivity index is 1.98. The number of hydrogen-bond donors (Lipinski definition) is 0. The zero-order chi connectivity index (χ0) is 19.4. The van der Waals surface area contributed by atoms with E-state index in [2.05, 4.69) is 123 Å². The van der Waals surface area contributed by atoms with E-state index in [1.807, 2.05) is 0 Å². The summed E-state index contributed by atoms with van der Waals surface area (Å²) in [6.45, 7) is 4.80. The average molecular weight is 382 g/mol. The largest absolute Gasteiger partial charge is 0.0833 e. The van der Waals surface area contributed by atoms with Gasteiger partial charge in [-0.25, -0.2) is 0 Å². The molecule has 0 heterocycles. The second kappa shape index (κ2) is 8.29. The topological polar surface area (TPSA) is 0 Å². The van der Waals surface area contributed by atoms with E-state index < -0.39 is 7.92 Å². The lowest BCUT2D eigenvalue weighted by molar-refractivity contribution is 0.519. The van der Waals surface area contributed by atoms with Gasteiger partial charge in [0.25, 0.3) is 0 Å². The summed E-state index contributed by atoms with van der Waals surface area (Å²) in [7, 11) is -0.575. The summed E-state index contributed by atoms with van der Waals surface area (Å²) < 4.78 is 0. The molecule has 0 saturated carbocycles. The van der Waals surface area contributed by atoms with E-state index in [9.17, 15) is 0 Å². The molecule has 0 radical (unpaired) electrons. The van der Waals surface area contributed by atoms with E-state index in [1.54, 1.807) is 0 Å². The van der Waals surface area contributed by atoms with Gasteiger partial charge in [0, 0.05) is 5.16 Å². The van der Waals surface area contributed by atoms with Crippen molar-refractivity contribution in [3.8, 4) is 0 Å². The fraction of sp³-hybridized carbons (Fsp3) is 0.185. The molecule has 0 aliphatic heterocycles. The molecule has 3 aromatic rings. The van der Waals surface area contributed by atoms with Crippen molar-refractivity contribution >= 4 is 24.1 Å². The predicted octanol–water partition coefficient (Wildman–Crippen LogP) is 6.56. The van der Waals surface area contributed by atoms with E-state index in [0.29, 0.717) is 5.92 Å². The van der Waals surface area contributed by atoms with Crippen LogP contribution in [0.1, 0.15) is 25.8 Å². The van der Waals surface area contributed by atoms with Crippen LogP contribution in [0.15, 0.2) is 109 Å². The molecule has 1 aliphatic rings. The van der Waals surface area contributed by atoms with Gasteiger partial charge in [-0.2, -0.15) is 0 Å². The van der Waals surface area contributed by atoms with Crippen molar-refractivity contribution < 1.29 is 0 Å². The van der Waals surface area contributed by atoms with Gasteiger partial charge in [-0.05, 0) is 42.0 Å². The first-order valence-corrected chi connectivity index (χ1v) is 11.4. The molecule has 0 spiro atoms. The highest BCUT2D eigenvalue weighted by atomic mass is 31.1. The van der Waals surface area contributed by atoms with Crippen molar-refractivity contribution in [2.45, 2.75) is 25.4 Å². The van der Waals surface area contributed by atoms with Crippen LogP contribution >= 0.6 is 7.92 Å². The Morgan fingerprint density at radius 3 is 1.71 bits per heavy atom. The van der Waals surface area contributed by atoms with Crippen LogP contribution in [0.3, 0.4) is 0 Å². The summed E-state index contributed by atoms with van der Waals surface area (Å²) in [5.74, 6) is 0.510. The van der Waals surface area contributed by atoms with Gasteiger partial charge in [-0.1, -0.05) is 123 Å². The molecule has 1 unspecified atom stereocenters. The maximum Gasteiger partial charge on any atom is 0.0298 e. The molecule has 3 aromatic carbocycles. The summed E-state index contributed by atoms with van der Waals surface area (Å²) in [6.07, 6.45) is 8.04. The Kier molecular flexibility index (Phi) is 5.60. The molecule has 0 aromatic heterocycles. The SMILES string of the molecule is CC(C)C1(P(c2ccccc2)c2ccccc2)CC=CC=C1c1ccccc1. The molecule has 0 amide bonds. The molecule has 0 nitrogen and oxygen atoms in total. The van der Waals surface area contributed by atoms with Gasteiger partial charge in [0.2, 0.25) is 0 Å². The van der Waals surface area contributed by atoms with Gasteiger partial charge >= 0.3 is 0 Å². The van der Waals surface area contributed by atoms with Gasteiger partial charge in [0.1, 0.15) is 0 Å². The first-order valence-electron chi connectivity index (χ1n) is 10.1. The second-order valence-electron chi connectivity index (χ2n) is 7.66. The van der Waals surface area contributed by atoms with Crippen LogP contribution in [-0.4, -0.2) is 5.16 Å². The molecule has 0 fully saturated rings. The van der Waals surface area contributed by atoms with E-state index in [4.69, 9.17) is 0 Å². The summed E-state index contributed by atoms with van der Waals surface area (Å²) in [5.41, 5.74) is 2.82. The lowest BCUT2D eigenvalue weighted by Crippen LogP contribution is -2.41. The normalized spacial score (nSPS) is 19.1. The monoisotopic (exact) mass is 382 g/mol. The van der Waals surface area contributed by atoms with Crippen LogP contribution in [0.2, 0.25) is 0 Å². The first-order chi connectivity index (χ1) is 13.7.